The SMILES string of the molecule is Cc1[nH]c(C(=O)OCC(=O)Nc2ccc(Cl)cc2)c(C)c1C(=O)OC(C)C. The molecule has 0 aliphatic heterocycles. The number of rotatable bonds is 6. The summed E-state index contributed by atoms with van der Waals surface area (Å²) in [7, 11) is 0. The van der Waals surface area contributed by atoms with Crippen LogP contribution in [0.4, 0.5) is 5.69 Å². The van der Waals surface area contributed by atoms with Crippen LogP contribution in [0.3, 0.4) is 0 Å². The van der Waals surface area contributed by atoms with E-state index in [0.717, 1.165) is 0 Å². The van der Waals surface area contributed by atoms with E-state index in [9.17, 15) is 14.4 Å². The Labute approximate surface area is 162 Å². The Balaban J connectivity index is 2.00. The van der Waals surface area contributed by atoms with Gasteiger partial charge in [-0.05, 0) is 57.5 Å². The van der Waals surface area contributed by atoms with Gasteiger partial charge in [0.1, 0.15) is 5.69 Å². The molecule has 2 N–H and O–H groups in total. The zero-order valence-electron chi connectivity index (χ0n) is 15.5. The maximum atomic E-state index is 12.3. The molecule has 2 aromatic rings. The summed E-state index contributed by atoms with van der Waals surface area (Å²) in [6.45, 7) is 6.29. The van der Waals surface area contributed by atoms with Gasteiger partial charge < -0.3 is 19.8 Å². The maximum Gasteiger partial charge on any atom is 0.355 e. The van der Waals surface area contributed by atoms with Crippen LogP contribution in [0, 0.1) is 13.8 Å². The summed E-state index contributed by atoms with van der Waals surface area (Å²) >= 11 is 5.78. The van der Waals surface area contributed by atoms with E-state index in [1.54, 1.807) is 52.0 Å². The molecule has 0 radical (unpaired) electrons. The third kappa shape index (κ3) is 5.34. The summed E-state index contributed by atoms with van der Waals surface area (Å²) < 4.78 is 10.2. The average molecular weight is 393 g/mol. The van der Waals surface area contributed by atoms with Gasteiger partial charge in [-0.1, -0.05) is 11.6 Å². The summed E-state index contributed by atoms with van der Waals surface area (Å²) in [5.74, 6) is -1.74. The molecule has 2 rings (SSSR count). The molecule has 1 amide bonds. The van der Waals surface area contributed by atoms with Crippen LogP contribution in [0.25, 0.3) is 0 Å². The van der Waals surface area contributed by atoms with Crippen molar-refractivity contribution < 1.29 is 23.9 Å². The van der Waals surface area contributed by atoms with Crippen LogP contribution >= 0.6 is 11.6 Å². The van der Waals surface area contributed by atoms with Crippen molar-refractivity contribution in [3.63, 3.8) is 0 Å². The van der Waals surface area contributed by atoms with Crippen molar-refractivity contribution in [1.29, 1.82) is 0 Å². The number of aromatic amines is 1. The molecule has 0 atom stereocenters. The van der Waals surface area contributed by atoms with E-state index in [0.29, 0.717) is 27.5 Å². The number of nitrogens with one attached hydrogen (secondary N) is 2. The fourth-order valence-electron chi connectivity index (χ4n) is 2.47. The fraction of sp³-hybridized carbons (Fsp3) is 0.316. The Morgan fingerprint density at radius 1 is 1.11 bits per heavy atom. The molecule has 8 heteroatoms. The van der Waals surface area contributed by atoms with Crippen molar-refractivity contribution in [2.75, 3.05) is 11.9 Å². The number of halogens is 1. The third-order valence-corrected chi connectivity index (χ3v) is 3.90. The zero-order valence-corrected chi connectivity index (χ0v) is 16.3. The Kier molecular flexibility index (Phi) is 6.63. The second kappa shape index (κ2) is 8.73. The zero-order chi connectivity index (χ0) is 20.1. The van der Waals surface area contributed by atoms with E-state index in [1.807, 2.05) is 0 Å². The number of hydrogen-bond donors (Lipinski definition) is 2. The third-order valence-electron chi connectivity index (χ3n) is 3.65. The Morgan fingerprint density at radius 2 is 1.74 bits per heavy atom. The molecule has 0 aliphatic rings. The van der Waals surface area contributed by atoms with Crippen LogP contribution < -0.4 is 5.32 Å². The van der Waals surface area contributed by atoms with Gasteiger partial charge in [0.05, 0.1) is 11.7 Å². The molecule has 0 saturated carbocycles. The molecule has 7 nitrogen and oxygen atoms in total. The van der Waals surface area contributed by atoms with Gasteiger partial charge in [-0.25, -0.2) is 9.59 Å². The van der Waals surface area contributed by atoms with Crippen molar-refractivity contribution in [2.45, 2.75) is 33.8 Å². The lowest BCUT2D eigenvalue weighted by Gasteiger charge is -2.08. The van der Waals surface area contributed by atoms with Crippen molar-refractivity contribution in [3.8, 4) is 0 Å². The fourth-order valence-corrected chi connectivity index (χ4v) is 2.59. The molecule has 0 fully saturated rings. The first kappa shape index (κ1) is 20.5. The lowest BCUT2D eigenvalue weighted by atomic mass is 10.1. The topological polar surface area (TPSA) is 97.5 Å². The number of benzene rings is 1. The second-order valence-corrected chi connectivity index (χ2v) is 6.65. The summed E-state index contributed by atoms with van der Waals surface area (Å²) in [6, 6.07) is 6.53. The minimum Gasteiger partial charge on any atom is -0.459 e. The molecule has 1 aromatic carbocycles. The van der Waals surface area contributed by atoms with E-state index >= 15 is 0 Å². The number of aromatic nitrogens is 1. The second-order valence-electron chi connectivity index (χ2n) is 6.21. The van der Waals surface area contributed by atoms with E-state index in [1.165, 1.54) is 0 Å². The highest BCUT2D eigenvalue weighted by atomic mass is 35.5. The summed E-state index contributed by atoms with van der Waals surface area (Å²) in [5.41, 5.74) is 1.85. The molecule has 1 heterocycles. The standard InChI is InChI=1S/C19H21ClN2O5/c1-10(2)27-18(24)16-11(3)17(21-12(16)4)19(25)26-9-15(23)22-14-7-5-13(20)6-8-14/h5-8,10,21H,9H2,1-4H3,(H,22,23). The molecule has 0 saturated heterocycles. The number of carbonyl (C=O) groups is 3. The number of aryl methyl sites for hydroxylation is 1. The number of hydrogen-bond acceptors (Lipinski definition) is 5. The first-order valence-electron chi connectivity index (χ1n) is 8.31. The summed E-state index contributed by atoms with van der Waals surface area (Å²) in [6.07, 6.45) is -0.279. The first-order chi connectivity index (χ1) is 12.7. The number of H-pyrrole nitrogens is 1. The molecular weight excluding hydrogens is 372 g/mol. The van der Waals surface area contributed by atoms with Gasteiger partial charge in [0, 0.05) is 16.4 Å². The van der Waals surface area contributed by atoms with Gasteiger partial charge in [-0.15, -0.1) is 0 Å². The highest BCUT2D eigenvalue weighted by Crippen LogP contribution is 2.20. The molecule has 0 unspecified atom stereocenters. The molecule has 144 valence electrons. The van der Waals surface area contributed by atoms with Crippen LogP contribution in [-0.4, -0.2) is 35.5 Å². The lowest BCUT2D eigenvalue weighted by Crippen LogP contribution is -2.21. The molecule has 0 bridgehead atoms. The highest BCUT2D eigenvalue weighted by Gasteiger charge is 2.24. The van der Waals surface area contributed by atoms with Gasteiger partial charge in [0.2, 0.25) is 0 Å². The van der Waals surface area contributed by atoms with E-state index in [4.69, 9.17) is 21.1 Å². The number of amides is 1. The number of anilines is 1. The van der Waals surface area contributed by atoms with Crippen LogP contribution in [0.15, 0.2) is 24.3 Å². The van der Waals surface area contributed by atoms with E-state index < -0.39 is 24.5 Å². The molecule has 0 aliphatic carbocycles. The lowest BCUT2D eigenvalue weighted by molar-refractivity contribution is -0.119. The van der Waals surface area contributed by atoms with Crippen LogP contribution in [0.5, 0.6) is 0 Å². The Hall–Kier alpha value is -2.80. The summed E-state index contributed by atoms with van der Waals surface area (Å²) in [5, 5.41) is 3.13. The molecular formula is C19H21ClN2O5. The van der Waals surface area contributed by atoms with Gasteiger partial charge in [0.15, 0.2) is 6.61 Å². The predicted molar refractivity (Wildman–Crippen MR) is 101 cm³/mol. The normalized spacial score (nSPS) is 10.6. The van der Waals surface area contributed by atoms with Gasteiger partial charge >= 0.3 is 11.9 Å². The van der Waals surface area contributed by atoms with Crippen molar-refractivity contribution in [3.05, 3.63) is 51.8 Å². The molecule has 27 heavy (non-hydrogen) atoms. The van der Waals surface area contributed by atoms with Gasteiger partial charge in [-0.3, -0.25) is 4.79 Å². The van der Waals surface area contributed by atoms with Crippen LogP contribution in [-0.2, 0) is 14.3 Å². The van der Waals surface area contributed by atoms with Crippen molar-refractivity contribution >= 4 is 35.1 Å². The maximum absolute atomic E-state index is 12.3. The number of carbonyl (C=O) groups excluding carboxylic acids is 3. The highest BCUT2D eigenvalue weighted by molar-refractivity contribution is 6.30. The Bertz CT molecular complexity index is 856. The quantitative estimate of drug-likeness (QED) is 0.731. The van der Waals surface area contributed by atoms with Crippen molar-refractivity contribution in [2.24, 2.45) is 0 Å². The molecule has 0 spiro atoms. The first-order valence-corrected chi connectivity index (χ1v) is 8.69. The Morgan fingerprint density at radius 3 is 2.33 bits per heavy atom. The smallest absolute Gasteiger partial charge is 0.355 e. The minimum atomic E-state index is -0.731. The molecule has 1 aromatic heterocycles. The minimum absolute atomic E-state index is 0.113. The predicted octanol–water partition coefficient (Wildman–Crippen LogP) is 3.65. The van der Waals surface area contributed by atoms with Crippen LogP contribution in [0.2, 0.25) is 5.02 Å². The van der Waals surface area contributed by atoms with E-state index in [-0.39, 0.29) is 11.8 Å². The van der Waals surface area contributed by atoms with E-state index in [2.05, 4.69) is 10.3 Å². The number of esters is 2. The monoisotopic (exact) mass is 392 g/mol. The largest absolute Gasteiger partial charge is 0.459 e. The van der Waals surface area contributed by atoms with Gasteiger partial charge in [0.25, 0.3) is 5.91 Å². The van der Waals surface area contributed by atoms with Gasteiger partial charge in [-0.2, -0.15) is 0 Å². The average Bonchev–Trinajstić information content (AvgIpc) is 2.89. The number of ether oxygens (including phenoxy) is 2. The van der Waals surface area contributed by atoms with Crippen LogP contribution in [0.1, 0.15) is 46.0 Å². The van der Waals surface area contributed by atoms with Crippen molar-refractivity contribution in [1.82, 2.24) is 4.98 Å². The summed E-state index contributed by atoms with van der Waals surface area (Å²) in [4.78, 5) is 39.2.